The second-order valence-corrected chi connectivity index (χ2v) is 9.61. The number of nitrogens with one attached hydrogen (secondary N) is 2. The highest BCUT2D eigenvalue weighted by Crippen LogP contribution is 2.19. The van der Waals surface area contributed by atoms with Crippen LogP contribution in [0.15, 0.2) is 88.7 Å². The van der Waals surface area contributed by atoms with Gasteiger partial charge in [0.1, 0.15) is 0 Å². The molecule has 9 heteroatoms. The topological polar surface area (TPSA) is 109 Å². The zero-order valence-corrected chi connectivity index (χ0v) is 17.0. The van der Waals surface area contributed by atoms with Crippen molar-refractivity contribution in [1.82, 2.24) is 4.72 Å². The predicted octanol–water partition coefficient (Wildman–Crippen LogP) is 2.91. The molecular weight excluding hydrogens is 412 g/mol. The Hall–Kier alpha value is -3.17. The fourth-order valence-corrected chi connectivity index (χ4v) is 4.50. The maximum absolute atomic E-state index is 12.4. The summed E-state index contributed by atoms with van der Waals surface area (Å²) in [6.45, 7) is 1.85. The van der Waals surface area contributed by atoms with Gasteiger partial charge in [-0.15, -0.1) is 0 Å². The molecule has 0 saturated heterocycles. The number of carbonyl (C=O) groups is 1. The summed E-state index contributed by atoms with van der Waals surface area (Å²) in [5.41, 5.74) is 1.33. The van der Waals surface area contributed by atoms with Crippen LogP contribution in [0, 0.1) is 6.92 Å². The van der Waals surface area contributed by atoms with Crippen molar-refractivity contribution in [2.24, 2.45) is 0 Å². The van der Waals surface area contributed by atoms with Crippen molar-refractivity contribution in [3.05, 3.63) is 90.0 Å². The minimum absolute atomic E-state index is 0.0925. The van der Waals surface area contributed by atoms with Gasteiger partial charge in [0.05, 0.1) is 9.79 Å². The van der Waals surface area contributed by atoms with Gasteiger partial charge in [0, 0.05) is 11.3 Å². The van der Waals surface area contributed by atoms with E-state index in [2.05, 4.69) is 4.72 Å². The molecule has 3 rings (SSSR count). The Morgan fingerprint density at radius 3 is 1.79 bits per heavy atom. The van der Waals surface area contributed by atoms with Crippen LogP contribution in [0.5, 0.6) is 0 Å². The molecule has 0 aliphatic rings. The molecular formula is C20H18N2O5S2. The Morgan fingerprint density at radius 2 is 1.21 bits per heavy atom. The second-order valence-electron chi connectivity index (χ2n) is 6.24. The van der Waals surface area contributed by atoms with Crippen molar-refractivity contribution < 1.29 is 21.6 Å². The Labute approximate surface area is 169 Å². The van der Waals surface area contributed by atoms with Gasteiger partial charge in [0.25, 0.3) is 26.0 Å². The van der Waals surface area contributed by atoms with E-state index in [1.54, 1.807) is 30.3 Å². The molecule has 0 bridgehead atoms. The number of rotatable bonds is 6. The number of sulfonamides is 2. The number of hydrogen-bond acceptors (Lipinski definition) is 5. The van der Waals surface area contributed by atoms with Crippen molar-refractivity contribution in [3.63, 3.8) is 0 Å². The fraction of sp³-hybridized carbons (Fsp3) is 0.0500. The van der Waals surface area contributed by atoms with Gasteiger partial charge in [-0.2, -0.15) is 0 Å². The summed E-state index contributed by atoms with van der Waals surface area (Å²) >= 11 is 0. The highest BCUT2D eigenvalue weighted by Gasteiger charge is 2.19. The molecule has 0 radical (unpaired) electrons. The van der Waals surface area contributed by atoms with Gasteiger partial charge < -0.3 is 0 Å². The van der Waals surface area contributed by atoms with Crippen LogP contribution in [0.4, 0.5) is 5.69 Å². The molecule has 0 fully saturated rings. The molecule has 3 aromatic rings. The molecule has 0 atom stereocenters. The molecule has 29 heavy (non-hydrogen) atoms. The summed E-state index contributed by atoms with van der Waals surface area (Å²) in [6.07, 6.45) is 0. The number of benzene rings is 3. The zero-order chi connectivity index (χ0) is 21.1. The summed E-state index contributed by atoms with van der Waals surface area (Å²) in [4.78, 5) is 12.0. The largest absolute Gasteiger partial charge is 0.280 e. The number of anilines is 1. The first-order chi connectivity index (χ1) is 13.7. The predicted molar refractivity (Wildman–Crippen MR) is 110 cm³/mol. The third-order valence-electron chi connectivity index (χ3n) is 4.01. The number of carbonyl (C=O) groups excluding carboxylic acids is 1. The molecule has 7 nitrogen and oxygen atoms in total. The first-order valence-electron chi connectivity index (χ1n) is 8.49. The van der Waals surface area contributed by atoms with Gasteiger partial charge in [-0.25, -0.2) is 21.6 Å². The highest BCUT2D eigenvalue weighted by atomic mass is 32.2. The van der Waals surface area contributed by atoms with Crippen LogP contribution in [0.3, 0.4) is 0 Å². The molecule has 0 saturated carbocycles. The van der Waals surface area contributed by atoms with Gasteiger partial charge in [-0.05, 0) is 55.5 Å². The van der Waals surface area contributed by atoms with Crippen LogP contribution in [0.2, 0.25) is 0 Å². The monoisotopic (exact) mass is 430 g/mol. The molecule has 0 spiro atoms. The number of aryl methyl sites for hydroxylation is 1. The molecule has 1 amide bonds. The third kappa shape index (κ3) is 5.01. The first kappa shape index (κ1) is 20.6. The third-order valence-corrected chi connectivity index (χ3v) is 6.76. The van der Waals surface area contributed by atoms with E-state index >= 15 is 0 Å². The van der Waals surface area contributed by atoms with Crippen molar-refractivity contribution in [1.29, 1.82) is 0 Å². The lowest BCUT2D eigenvalue weighted by Gasteiger charge is -2.10. The quantitative estimate of drug-likeness (QED) is 0.625. The van der Waals surface area contributed by atoms with Crippen molar-refractivity contribution in [2.75, 3.05) is 4.72 Å². The lowest BCUT2D eigenvalue weighted by atomic mass is 10.2. The molecule has 0 aliphatic carbocycles. The smallest absolute Gasteiger partial charge is 0.264 e. The van der Waals surface area contributed by atoms with E-state index in [-0.39, 0.29) is 21.0 Å². The summed E-state index contributed by atoms with van der Waals surface area (Å²) in [5.74, 6) is -0.755. The Balaban J connectivity index is 1.75. The van der Waals surface area contributed by atoms with Gasteiger partial charge in [-0.3, -0.25) is 9.52 Å². The van der Waals surface area contributed by atoms with Crippen LogP contribution in [-0.2, 0) is 20.0 Å². The summed E-state index contributed by atoms with van der Waals surface area (Å²) in [5, 5.41) is 0. The number of hydrogen-bond donors (Lipinski definition) is 2. The summed E-state index contributed by atoms with van der Waals surface area (Å²) in [7, 11) is -7.90. The minimum atomic E-state index is -4.10. The SMILES string of the molecule is Cc1ccc(S(=O)(=O)Nc2ccc(S(=O)(=O)NC(=O)c3ccccc3)cc2)cc1. The van der Waals surface area contributed by atoms with E-state index in [1.165, 1.54) is 48.5 Å². The van der Waals surface area contributed by atoms with E-state index in [0.717, 1.165) is 5.56 Å². The molecule has 0 unspecified atom stereocenters. The van der Waals surface area contributed by atoms with E-state index in [4.69, 9.17) is 0 Å². The van der Waals surface area contributed by atoms with Crippen LogP contribution < -0.4 is 9.44 Å². The van der Waals surface area contributed by atoms with Crippen molar-refractivity contribution >= 4 is 31.6 Å². The van der Waals surface area contributed by atoms with Crippen molar-refractivity contribution in [3.8, 4) is 0 Å². The van der Waals surface area contributed by atoms with Gasteiger partial charge in [0.15, 0.2) is 0 Å². The minimum Gasteiger partial charge on any atom is -0.280 e. The normalized spacial score (nSPS) is 11.6. The molecule has 3 aromatic carbocycles. The highest BCUT2D eigenvalue weighted by molar-refractivity contribution is 7.92. The Bertz CT molecular complexity index is 1220. The maximum atomic E-state index is 12.4. The second kappa shape index (κ2) is 8.06. The fourth-order valence-electron chi connectivity index (χ4n) is 2.46. The van der Waals surface area contributed by atoms with Crippen LogP contribution in [0.25, 0.3) is 0 Å². The molecule has 0 aliphatic heterocycles. The summed E-state index contributed by atoms with van der Waals surface area (Å²) in [6, 6.07) is 19.3. The molecule has 2 N–H and O–H groups in total. The lowest BCUT2D eigenvalue weighted by Crippen LogP contribution is -2.30. The van der Waals surface area contributed by atoms with Crippen molar-refractivity contribution in [2.45, 2.75) is 16.7 Å². The van der Waals surface area contributed by atoms with E-state index in [9.17, 15) is 21.6 Å². The molecule has 150 valence electrons. The molecule has 0 heterocycles. The van der Waals surface area contributed by atoms with Crippen LogP contribution >= 0.6 is 0 Å². The summed E-state index contributed by atoms with van der Waals surface area (Å²) < 4.78 is 54.0. The lowest BCUT2D eigenvalue weighted by molar-refractivity contribution is 0.0981. The van der Waals surface area contributed by atoms with E-state index in [0.29, 0.717) is 0 Å². The average molecular weight is 431 g/mol. The first-order valence-corrected chi connectivity index (χ1v) is 11.5. The zero-order valence-electron chi connectivity index (χ0n) is 15.4. The van der Waals surface area contributed by atoms with Crippen LogP contribution in [0.1, 0.15) is 15.9 Å². The Morgan fingerprint density at radius 1 is 0.690 bits per heavy atom. The van der Waals surface area contributed by atoms with Gasteiger partial charge in [0.2, 0.25) is 0 Å². The van der Waals surface area contributed by atoms with Gasteiger partial charge in [-0.1, -0.05) is 35.9 Å². The van der Waals surface area contributed by atoms with E-state index < -0.39 is 26.0 Å². The average Bonchev–Trinajstić information content (AvgIpc) is 2.69. The number of amides is 1. The Kier molecular flexibility index (Phi) is 5.71. The maximum Gasteiger partial charge on any atom is 0.264 e. The van der Waals surface area contributed by atoms with E-state index in [1.807, 2.05) is 11.6 Å². The van der Waals surface area contributed by atoms with Crippen LogP contribution in [-0.4, -0.2) is 22.7 Å². The molecule has 0 aromatic heterocycles. The van der Waals surface area contributed by atoms with Gasteiger partial charge >= 0.3 is 0 Å². The standard InChI is InChI=1S/C20H18N2O5S2/c1-15-7-11-18(12-8-15)28(24,25)21-17-9-13-19(14-10-17)29(26,27)22-20(23)16-5-3-2-4-6-16/h2-14,21H,1H3,(H,22,23).